The smallest absolute Gasteiger partial charge is 0.236 e. The molecule has 1 atom stereocenters. The largest absolute Gasteiger partial charge is 0.381 e. The molecule has 0 radical (unpaired) electrons. The third-order valence-corrected chi connectivity index (χ3v) is 2.28. The molecule has 0 unspecified atom stereocenters. The highest BCUT2D eigenvalue weighted by Crippen LogP contribution is 2.02. The van der Waals surface area contributed by atoms with E-state index in [0.29, 0.717) is 25.0 Å². The molecule has 0 aliphatic rings. The summed E-state index contributed by atoms with van der Waals surface area (Å²) in [7, 11) is 0. The summed E-state index contributed by atoms with van der Waals surface area (Å²) in [5.74, 6) is 0.955. The molecule has 0 spiro atoms. The summed E-state index contributed by atoms with van der Waals surface area (Å²) in [6.45, 7) is 10.5. The van der Waals surface area contributed by atoms with E-state index >= 15 is 0 Å². The second-order valence-electron chi connectivity index (χ2n) is 5.35. The van der Waals surface area contributed by atoms with Gasteiger partial charge < -0.3 is 15.8 Å². The van der Waals surface area contributed by atoms with Crippen molar-refractivity contribution in [3.05, 3.63) is 0 Å². The SMILES string of the molecule is CC(C)COCCCNC(=O)[C@@H](N)CC(C)C.Cl. The summed E-state index contributed by atoms with van der Waals surface area (Å²) < 4.78 is 5.42. The first-order chi connectivity index (χ1) is 7.93. The zero-order valence-electron chi connectivity index (χ0n) is 12.1. The molecule has 0 rings (SSSR count). The molecule has 0 aromatic heterocycles. The van der Waals surface area contributed by atoms with Gasteiger partial charge in [-0.1, -0.05) is 27.7 Å². The zero-order valence-corrected chi connectivity index (χ0v) is 12.9. The summed E-state index contributed by atoms with van der Waals surface area (Å²) in [5, 5.41) is 2.83. The average molecular weight is 281 g/mol. The summed E-state index contributed by atoms with van der Waals surface area (Å²) in [5.41, 5.74) is 5.76. The first-order valence-electron chi connectivity index (χ1n) is 6.54. The molecule has 0 aliphatic carbocycles. The highest BCUT2D eigenvalue weighted by Gasteiger charge is 2.13. The van der Waals surface area contributed by atoms with Crippen molar-refractivity contribution < 1.29 is 9.53 Å². The molecule has 1 amide bonds. The molecule has 0 aromatic carbocycles. The number of carbonyl (C=O) groups is 1. The maximum atomic E-state index is 11.5. The fraction of sp³-hybridized carbons (Fsp3) is 0.923. The van der Waals surface area contributed by atoms with Crippen LogP contribution in [-0.4, -0.2) is 31.7 Å². The van der Waals surface area contributed by atoms with Gasteiger partial charge >= 0.3 is 0 Å². The minimum atomic E-state index is -0.383. The van der Waals surface area contributed by atoms with Crippen LogP contribution in [0, 0.1) is 11.8 Å². The Morgan fingerprint density at radius 3 is 2.33 bits per heavy atom. The Kier molecular flexibility index (Phi) is 13.1. The Morgan fingerprint density at radius 1 is 1.22 bits per heavy atom. The second-order valence-corrected chi connectivity index (χ2v) is 5.35. The summed E-state index contributed by atoms with van der Waals surface area (Å²) in [6.07, 6.45) is 1.57. The van der Waals surface area contributed by atoms with Crippen LogP contribution in [0.15, 0.2) is 0 Å². The van der Waals surface area contributed by atoms with Crippen molar-refractivity contribution in [1.29, 1.82) is 0 Å². The van der Waals surface area contributed by atoms with Gasteiger partial charge in [0, 0.05) is 19.8 Å². The van der Waals surface area contributed by atoms with Gasteiger partial charge in [0.1, 0.15) is 0 Å². The van der Waals surface area contributed by atoms with Crippen LogP contribution >= 0.6 is 12.4 Å². The van der Waals surface area contributed by atoms with Gasteiger partial charge in [-0.05, 0) is 24.7 Å². The Balaban J connectivity index is 0. The first kappa shape index (κ1) is 20.0. The molecule has 0 fully saturated rings. The van der Waals surface area contributed by atoms with Crippen molar-refractivity contribution in [3.63, 3.8) is 0 Å². The van der Waals surface area contributed by atoms with Gasteiger partial charge in [-0.2, -0.15) is 0 Å². The Morgan fingerprint density at radius 2 is 1.83 bits per heavy atom. The van der Waals surface area contributed by atoms with Gasteiger partial charge in [0.2, 0.25) is 5.91 Å². The van der Waals surface area contributed by atoms with E-state index in [1.165, 1.54) is 0 Å². The number of halogens is 1. The van der Waals surface area contributed by atoms with Crippen LogP contribution in [0.4, 0.5) is 0 Å². The van der Waals surface area contributed by atoms with E-state index in [9.17, 15) is 4.79 Å². The van der Waals surface area contributed by atoms with Crippen molar-refractivity contribution in [3.8, 4) is 0 Å². The highest BCUT2D eigenvalue weighted by molar-refractivity contribution is 5.85. The maximum absolute atomic E-state index is 11.5. The number of carbonyl (C=O) groups excluding carboxylic acids is 1. The van der Waals surface area contributed by atoms with Crippen LogP contribution in [-0.2, 0) is 9.53 Å². The molecule has 0 bridgehead atoms. The number of hydrogen-bond acceptors (Lipinski definition) is 3. The molecule has 5 heteroatoms. The Labute approximate surface area is 117 Å². The van der Waals surface area contributed by atoms with E-state index in [4.69, 9.17) is 10.5 Å². The van der Waals surface area contributed by atoms with Gasteiger partial charge in [-0.3, -0.25) is 4.79 Å². The lowest BCUT2D eigenvalue weighted by molar-refractivity contribution is -0.122. The number of amides is 1. The average Bonchev–Trinajstić information content (AvgIpc) is 2.21. The summed E-state index contributed by atoms with van der Waals surface area (Å²) in [4.78, 5) is 11.5. The molecular formula is C13H29ClN2O2. The van der Waals surface area contributed by atoms with E-state index in [0.717, 1.165) is 19.4 Å². The predicted molar refractivity (Wildman–Crippen MR) is 78.0 cm³/mol. The van der Waals surface area contributed by atoms with Gasteiger partial charge in [-0.25, -0.2) is 0 Å². The molecule has 3 N–H and O–H groups in total. The quantitative estimate of drug-likeness (QED) is 0.635. The fourth-order valence-electron chi connectivity index (χ4n) is 1.45. The number of rotatable bonds is 9. The molecular weight excluding hydrogens is 252 g/mol. The maximum Gasteiger partial charge on any atom is 0.236 e. The second kappa shape index (κ2) is 11.8. The Hall–Kier alpha value is -0.320. The van der Waals surface area contributed by atoms with Crippen LogP contribution in [0.25, 0.3) is 0 Å². The van der Waals surface area contributed by atoms with Gasteiger partial charge in [-0.15, -0.1) is 12.4 Å². The molecule has 18 heavy (non-hydrogen) atoms. The monoisotopic (exact) mass is 280 g/mol. The summed E-state index contributed by atoms with van der Waals surface area (Å²) in [6, 6.07) is -0.383. The van der Waals surface area contributed by atoms with Gasteiger partial charge in [0.15, 0.2) is 0 Å². The standard InChI is InChI=1S/C13H28N2O2.ClH/c1-10(2)8-12(14)13(16)15-6-5-7-17-9-11(3)4;/h10-12H,5-9,14H2,1-4H3,(H,15,16);1H/t12-;/m0./s1. The first-order valence-corrected chi connectivity index (χ1v) is 6.54. The van der Waals surface area contributed by atoms with E-state index in [2.05, 4.69) is 33.0 Å². The highest BCUT2D eigenvalue weighted by atomic mass is 35.5. The number of ether oxygens (including phenoxy) is 1. The van der Waals surface area contributed by atoms with E-state index in [1.54, 1.807) is 0 Å². The van der Waals surface area contributed by atoms with Crippen LogP contribution in [0.3, 0.4) is 0 Å². The third-order valence-electron chi connectivity index (χ3n) is 2.28. The lowest BCUT2D eigenvalue weighted by Gasteiger charge is -2.14. The molecule has 0 saturated heterocycles. The normalized spacial score (nSPS) is 12.4. The van der Waals surface area contributed by atoms with Crippen molar-refractivity contribution in [2.24, 2.45) is 17.6 Å². The lowest BCUT2D eigenvalue weighted by atomic mass is 10.0. The van der Waals surface area contributed by atoms with Gasteiger partial charge in [0.05, 0.1) is 6.04 Å². The van der Waals surface area contributed by atoms with E-state index in [-0.39, 0.29) is 24.4 Å². The molecule has 110 valence electrons. The topological polar surface area (TPSA) is 64.3 Å². The molecule has 0 heterocycles. The molecule has 0 aromatic rings. The van der Waals surface area contributed by atoms with Crippen molar-refractivity contribution in [2.75, 3.05) is 19.8 Å². The molecule has 0 saturated carbocycles. The minimum Gasteiger partial charge on any atom is -0.381 e. The molecule has 4 nitrogen and oxygen atoms in total. The third kappa shape index (κ3) is 12.1. The molecule has 0 aliphatic heterocycles. The Bertz CT molecular complexity index is 211. The van der Waals surface area contributed by atoms with Crippen LogP contribution in [0.5, 0.6) is 0 Å². The fourth-order valence-corrected chi connectivity index (χ4v) is 1.45. The number of nitrogens with one attached hydrogen (secondary N) is 1. The summed E-state index contributed by atoms with van der Waals surface area (Å²) >= 11 is 0. The van der Waals surface area contributed by atoms with Crippen LogP contribution in [0.1, 0.15) is 40.5 Å². The van der Waals surface area contributed by atoms with E-state index < -0.39 is 0 Å². The number of hydrogen-bond donors (Lipinski definition) is 2. The van der Waals surface area contributed by atoms with Crippen LogP contribution < -0.4 is 11.1 Å². The van der Waals surface area contributed by atoms with E-state index in [1.807, 2.05) is 0 Å². The van der Waals surface area contributed by atoms with Crippen molar-refractivity contribution in [2.45, 2.75) is 46.6 Å². The zero-order chi connectivity index (χ0) is 13.3. The van der Waals surface area contributed by atoms with Crippen molar-refractivity contribution in [1.82, 2.24) is 5.32 Å². The van der Waals surface area contributed by atoms with Crippen molar-refractivity contribution >= 4 is 18.3 Å². The van der Waals surface area contributed by atoms with Gasteiger partial charge in [0.25, 0.3) is 0 Å². The minimum absolute atomic E-state index is 0. The number of nitrogens with two attached hydrogens (primary N) is 1. The van der Waals surface area contributed by atoms with Crippen LogP contribution in [0.2, 0.25) is 0 Å². The predicted octanol–water partition coefficient (Wildman–Crippen LogP) is 1.96. The lowest BCUT2D eigenvalue weighted by Crippen LogP contribution is -2.41.